The van der Waals surface area contributed by atoms with Crippen molar-refractivity contribution in [1.82, 2.24) is 0 Å². The van der Waals surface area contributed by atoms with Gasteiger partial charge in [-0.1, -0.05) is 5.92 Å². The SMILES string of the molecule is N=C(N)SC(=N)C#CC1CC1. The average molecular weight is 167 g/mol. The first kappa shape index (κ1) is 8.15. The molecule has 1 fully saturated rings. The summed E-state index contributed by atoms with van der Waals surface area (Å²) >= 11 is 0.895. The molecule has 1 aliphatic carbocycles. The van der Waals surface area contributed by atoms with Gasteiger partial charge in [0.05, 0.1) is 0 Å². The lowest BCUT2D eigenvalue weighted by Gasteiger charge is -1.89. The van der Waals surface area contributed by atoms with E-state index in [9.17, 15) is 0 Å². The van der Waals surface area contributed by atoms with Crippen molar-refractivity contribution in [3.63, 3.8) is 0 Å². The van der Waals surface area contributed by atoms with Crippen LogP contribution in [0.5, 0.6) is 0 Å². The van der Waals surface area contributed by atoms with E-state index < -0.39 is 0 Å². The van der Waals surface area contributed by atoms with Gasteiger partial charge in [-0.2, -0.15) is 0 Å². The molecule has 0 spiro atoms. The van der Waals surface area contributed by atoms with Crippen LogP contribution in [0.1, 0.15) is 12.8 Å². The van der Waals surface area contributed by atoms with Crippen molar-refractivity contribution in [2.45, 2.75) is 12.8 Å². The van der Waals surface area contributed by atoms with Crippen LogP contribution < -0.4 is 5.73 Å². The molecule has 0 aromatic carbocycles. The van der Waals surface area contributed by atoms with Crippen LogP contribution in [0.4, 0.5) is 0 Å². The minimum Gasteiger partial charge on any atom is -0.378 e. The average Bonchev–Trinajstić information content (AvgIpc) is 2.63. The van der Waals surface area contributed by atoms with Gasteiger partial charge in [0.1, 0.15) is 5.04 Å². The number of hydrogen-bond donors (Lipinski definition) is 3. The summed E-state index contributed by atoms with van der Waals surface area (Å²) in [6.45, 7) is 0. The normalized spacial score (nSPS) is 14.9. The third-order valence-corrected chi connectivity index (χ3v) is 1.71. The Bertz CT molecular complexity index is 244. The zero-order chi connectivity index (χ0) is 8.27. The largest absolute Gasteiger partial charge is 0.378 e. The van der Waals surface area contributed by atoms with Crippen LogP contribution in [0.25, 0.3) is 0 Å². The van der Waals surface area contributed by atoms with Gasteiger partial charge < -0.3 is 5.73 Å². The minimum atomic E-state index is -0.0694. The van der Waals surface area contributed by atoms with Crippen LogP contribution >= 0.6 is 11.8 Å². The molecule has 58 valence electrons. The maximum Gasteiger partial charge on any atom is 0.158 e. The van der Waals surface area contributed by atoms with Gasteiger partial charge in [-0.3, -0.25) is 10.8 Å². The van der Waals surface area contributed by atoms with Gasteiger partial charge in [0.2, 0.25) is 0 Å². The second-order valence-corrected chi connectivity index (χ2v) is 3.39. The van der Waals surface area contributed by atoms with E-state index in [1.165, 1.54) is 0 Å². The van der Waals surface area contributed by atoms with Crippen molar-refractivity contribution in [3.05, 3.63) is 0 Å². The van der Waals surface area contributed by atoms with Crippen molar-refractivity contribution in [2.24, 2.45) is 11.7 Å². The van der Waals surface area contributed by atoms with Gasteiger partial charge in [0, 0.05) is 5.92 Å². The zero-order valence-electron chi connectivity index (χ0n) is 5.98. The van der Waals surface area contributed by atoms with E-state index in [1.54, 1.807) is 0 Å². The number of nitrogens with two attached hydrogens (primary N) is 1. The predicted molar refractivity (Wildman–Crippen MR) is 47.7 cm³/mol. The smallest absolute Gasteiger partial charge is 0.158 e. The molecule has 11 heavy (non-hydrogen) atoms. The topological polar surface area (TPSA) is 73.7 Å². The van der Waals surface area contributed by atoms with Gasteiger partial charge in [0.15, 0.2) is 5.17 Å². The third-order valence-electron chi connectivity index (χ3n) is 1.18. The fourth-order valence-electron chi connectivity index (χ4n) is 0.531. The van der Waals surface area contributed by atoms with E-state index in [0.717, 1.165) is 24.6 Å². The fraction of sp³-hybridized carbons (Fsp3) is 0.429. The van der Waals surface area contributed by atoms with Crippen LogP contribution in [0.15, 0.2) is 0 Å². The van der Waals surface area contributed by atoms with Crippen LogP contribution in [-0.2, 0) is 0 Å². The Morgan fingerprint density at radius 1 is 1.45 bits per heavy atom. The van der Waals surface area contributed by atoms with E-state index in [0.29, 0.717) is 5.92 Å². The summed E-state index contributed by atoms with van der Waals surface area (Å²) in [7, 11) is 0. The Labute approximate surface area is 69.8 Å². The highest BCUT2D eigenvalue weighted by Gasteiger charge is 2.17. The molecule has 0 bridgehead atoms. The molecular weight excluding hydrogens is 158 g/mol. The molecule has 0 unspecified atom stereocenters. The number of nitrogens with one attached hydrogen (secondary N) is 2. The maximum atomic E-state index is 7.21. The molecule has 0 saturated heterocycles. The lowest BCUT2D eigenvalue weighted by molar-refractivity contribution is 1.18. The molecule has 0 atom stereocenters. The van der Waals surface area contributed by atoms with Crippen molar-refractivity contribution < 1.29 is 0 Å². The standard InChI is InChI=1S/C7H9N3S/c8-6(11-7(9)10)4-3-5-1-2-5/h5,8H,1-2H2,(H3,9,10). The first-order chi connectivity index (χ1) is 5.18. The predicted octanol–water partition coefficient (Wildman–Crippen LogP) is 1.00. The monoisotopic (exact) mass is 167 g/mol. The molecule has 4 heteroatoms. The minimum absolute atomic E-state index is 0.0694. The van der Waals surface area contributed by atoms with Crippen molar-refractivity contribution >= 4 is 22.0 Å². The number of rotatable bonds is 0. The number of thioether (sulfide) groups is 1. The highest BCUT2D eigenvalue weighted by atomic mass is 32.2. The molecule has 0 amide bonds. The van der Waals surface area contributed by atoms with Crippen LogP contribution in [0, 0.1) is 28.6 Å². The van der Waals surface area contributed by atoms with E-state index >= 15 is 0 Å². The first-order valence-corrected chi connectivity index (χ1v) is 4.12. The lowest BCUT2D eigenvalue weighted by Crippen LogP contribution is -2.06. The first-order valence-electron chi connectivity index (χ1n) is 3.30. The van der Waals surface area contributed by atoms with E-state index in [4.69, 9.17) is 16.6 Å². The Balaban J connectivity index is 2.31. The molecule has 1 aliphatic rings. The molecule has 0 aromatic rings. The zero-order valence-corrected chi connectivity index (χ0v) is 6.79. The molecule has 4 N–H and O–H groups in total. The molecule has 1 rings (SSSR count). The van der Waals surface area contributed by atoms with Crippen LogP contribution in [0.2, 0.25) is 0 Å². The molecule has 0 aromatic heterocycles. The highest BCUT2D eigenvalue weighted by Crippen LogP contribution is 2.27. The second-order valence-electron chi connectivity index (χ2n) is 2.34. The molecule has 1 saturated carbocycles. The maximum absolute atomic E-state index is 7.21. The summed E-state index contributed by atoms with van der Waals surface area (Å²) in [6, 6.07) is 0. The number of amidine groups is 1. The van der Waals surface area contributed by atoms with Crippen molar-refractivity contribution in [2.75, 3.05) is 0 Å². The molecule has 3 nitrogen and oxygen atoms in total. The lowest BCUT2D eigenvalue weighted by atomic mass is 10.4. The summed E-state index contributed by atoms with van der Waals surface area (Å²) in [5.41, 5.74) is 5.05. The summed E-state index contributed by atoms with van der Waals surface area (Å²) in [5.74, 6) is 6.07. The summed E-state index contributed by atoms with van der Waals surface area (Å²) in [6.07, 6.45) is 2.32. The van der Waals surface area contributed by atoms with E-state index in [2.05, 4.69) is 11.8 Å². The van der Waals surface area contributed by atoms with Gasteiger partial charge in [-0.25, -0.2) is 0 Å². The second kappa shape index (κ2) is 3.44. The highest BCUT2D eigenvalue weighted by molar-refractivity contribution is 8.26. The van der Waals surface area contributed by atoms with Crippen LogP contribution in [-0.4, -0.2) is 10.2 Å². The van der Waals surface area contributed by atoms with Crippen LogP contribution in [0.3, 0.4) is 0 Å². The third kappa shape index (κ3) is 3.68. The van der Waals surface area contributed by atoms with Crippen molar-refractivity contribution in [1.29, 1.82) is 10.8 Å². The van der Waals surface area contributed by atoms with E-state index in [-0.39, 0.29) is 10.2 Å². The Morgan fingerprint density at radius 3 is 2.55 bits per heavy atom. The van der Waals surface area contributed by atoms with Gasteiger partial charge in [-0.15, -0.1) is 0 Å². The Hall–Kier alpha value is -0.950. The van der Waals surface area contributed by atoms with Gasteiger partial charge in [-0.05, 0) is 30.5 Å². The van der Waals surface area contributed by atoms with E-state index in [1.807, 2.05) is 0 Å². The van der Waals surface area contributed by atoms with Gasteiger partial charge >= 0.3 is 0 Å². The fourth-order valence-corrected chi connectivity index (χ4v) is 0.861. The molecule has 0 aliphatic heterocycles. The number of hydrogen-bond acceptors (Lipinski definition) is 3. The summed E-state index contributed by atoms with van der Waals surface area (Å²) < 4.78 is 0. The quantitative estimate of drug-likeness (QED) is 0.286. The van der Waals surface area contributed by atoms with Crippen molar-refractivity contribution in [3.8, 4) is 11.8 Å². The summed E-state index contributed by atoms with van der Waals surface area (Å²) in [5, 5.41) is 14.2. The van der Waals surface area contributed by atoms with Gasteiger partial charge in [0.25, 0.3) is 0 Å². The molecule has 0 radical (unpaired) electrons. The Morgan fingerprint density at radius 2 is 2.09 bits per heavy atom. The molecule has 0 heterocycles. The summed E-state index contributed by atoms with van der Waals surface area (Å²) in [4.78, 5) is 0. The molecular formula is C7H9N3S. The Kier molecular flexibility index (Phi) is 2.55.